The first-order valence-corrected chi connectivity index (χ1v) is 23.0. The van der Waals surface area contributed by atoms with E-state index in [0.717, 1.165) is 96.3 Å². The van der Waals surface area contributed by atoms with Crippen molar-refractivity contribution in [2.24, 2.45) is 0 Å². The summed E-state index contributed by atoms with van der Waals surface area (Å²) in [5, 5.41) is 11.6. The third-order valence-electron chi connectivity index (χ3n) is 9.89. The molecule has 0 heterocycles. The number of carboxylic acid groups (broad SMARTS) is 1. The molecule has 2 unspecified atom stereocenters. The number of carbonyl (C=O) groups is 3. The van der Waals surface area contributed by atoms with Gasteiger partial charge in [0.1, 0.15) is 12.6 Å². The van der Waals surface area contributed by atoms with Crippen LogP contribution in [0.25, 0.3) is 0 Å². The maximum Gasteiger partial charge on any atom is 0.306 e. The number of nitrogens with zero attached hydrogens (tertiary/aromatic N) is 1. The first kappa shape index (κ1) is 54.8. The minimum atomic E-state index is -1.13. The number of carboxylic acids is 1. The quantitative estimate of drug-likeness (QED) is 0.0200. The Kier molecular flexibility index (Phi) is 38.3. The lowest BCUT2D eigenvalue weighted by Crippen LogP contribution is -2.55. The molecule has 0 radical (unpaired) electrons. The van der Waals surface area contributed by atoms with Gasteiger partial charge in [0.05, 0.1) is 40.3 Å². The number of aliphatic carboxylic acids is 1. The van der Waals surface area contributed by atoms with Crippen LogP contribution in [0.5, 0.6) is 0 Å². The first-order valence-electron chi connectivity index (χ1n) is 23.0. The summed E-state index contributed by atoms with van der Waals surface area (Å²) in [6.45, 7) is 4.49. The number of unbranched alkanes of at least 4 members (excludes halogenated alkanes) is 16. The predicted octanol–water partition coefficient (Wildman–Crippen LogP) is 11.4. The molecule has 0 aliphatic heterocycles. The van der Waals surface area contributed by atoms with Crippen LogP contribution >= 0.6 is 0 Å². The van der Waals surface area contributed by atoms with Crippen molar-refractivity contribution in [1.29, 1.82) is 0 Å². The lowest BCUT2D eigenvalue weighted by Gasteiger charge is -2.34. The Hall–Kier alpha value is -3.23. The van der Waals surface area contributed by atoms with Crippen LogP contribution in [0.15, 0.2) is 72.9 Å². The molecule has 58 heavy (non-hydrogen) atoms. The van der Waals surface area contributed by atoms with Crippen molar-refractivity contribution in [2.75, 3.05) is 41.0 Å². The number of hydrogen-bond donors (Lipinski definition) is 0. The van der Waals surface area contributed by atoms with Crippen molar-refractivity contribution in [3.05, 3.63) is 72.9 Å². The fraction of sp³-hybridized carbons (Fsp3) is 0.700. The standard InChI is InChI=1S/C50H85NO7/c1-6-8-10-12-14-16-18-20-22-24-25-27-28-30-32-34-36-38-40-48(52)57-45-46(44-56-43-42-47(50(54)55)51(3,4)5)58-49(53)41-39-37-35-33-31-29-26-23-21-19-17-15-13-11-9-7-2/h9,11,15,17-18,20-25,27,46-47H,6-8,10,12-14,16,19,26,28-45H2,1-5H3/b11-9+,17-15+,20-18+,23-21+,24-22+,27-25+. The van der Waals surface area contributed by atoms with E-state index in [2.05, 4.69) is 86.8 Å². The average Bonchev–Trinajstić information content (AvgIpc) is 3.18. The van der Waals surface area contributed by atoms with Crippen LogP contribution in [0.4, 0.5) is 0 Å². The summed E-state index contributed by atoms with van der Waals surface area (Å²) in [5.74, 6) is -1.78. The molecule has 0 saturated heterocycles. The molecule has 0 saturated carbocycles. The molecule has 2 atom stereocenters. The summed E-state index contributed by atoms with van der Waals surface area (Å²) in [7, 11) is 5.39. The Balaban J connectivity index is 4.40. The van der Waals surface area contributed by atoms with Gasteiger partial charge in [-0.15, -0.1) is 0 Å². The zero-order valence-electron chi connectivity index (χ0n) is 37.7. The summed E-state index contributed by atoms with van der Waals surface area (Å²) < 4.78 is 17.2. The maximum atomic E-state index is 12.7. The first-order chi connectivity index (χ1) is 28.1. The number of rotatable bonds is 40. The van der Waals surface area contributed by atoms with Gasteiger partial charge in [-0.05, 0) is 70.6 Å². The summed E-state index contributed by atoms with van der Waals surface area (Å²) >= 11 is 0. The third kappa shape index (κ3) is 38.3. The Bertz CT molecular complexity index is 1180. The second-order valence-corrected chi connectivity index (χ2v) is 16.3. The average molecular weight is 812 g/mol. The molecule has 0 N–H and O–H groups in total. The minimum Gasteiger partial charge on any atom is -0.544 e. The lowest BCUT2D eigenvalue weighted by molar-refractivity contribution is -0.889. The second kappa shape index (κ2) is 40.5. The highest BCUT2D eigenvalue weighted by Gasteiger charge is 2.25. The van der Waals surface area contributed by atoms with E-state index in [-0.39, 0.29) is 42.7 Å². The van der Waals surface area contributed by atoms with Crippen molar-refractivity contribution in [3.8, 4) is 0 Å². The highest BCUT2D eigenvalue weighted by atomic mass is 16.6. The lowest BCUT2D eigenvalue weighted by atomic mass is 10.1. The molecular weight excluding hydrogens is 727 g/mol. The van der Waals surface area contributed by atoms with Crippen LogP contribution in [0.3, 0.4) is 0 Å². The molecule has 332 valence electrons. The summed E-state index contributed by atoms with van der Waals surface area (Å²) in [6, 6.07) is -0.735. The predicted molar refractivity (Wildman–Crippen MR) is 240 cm³/mol. The van der Waals surface area contributed by atoms with Crippen LogP contribution in [0.1, 0.15) is 174 Å². The van der Waals surface area contributed by atoms with Crippen LogP contribution in [0.2, 0.25) is 0 Å². The molecule has 0 aliphatic carbocycles. The number of ether oxygens (including phenoxy) is 3. The number of esters is 2. The molecule has 0 aliphatic rings. The monoisotopic (exact) mass is 812 g/mol. The number of quaternary nitrogens is 1. The van der Waals surface area contributed by atoms with Crippen molar-refractivity contribution < 1.29 is 38.2 Å². The van der Waals surface area contributed by atoms with Gasteiger partial charge in [0.2, 0.25) is 0 Å². The van der Waals surface area contributed by atoms with Crippen LogP contribution < -0.4 is 5.11 Å². The largest absolute Gasteiger partial charge is 0.544 e. The van der Waals surface area contributed by atoms with Gasteiger partial charge >= 0.3 is 11.9 Å². The number of allylic oxidation sites excluding steroid dienone is 12. The third-order valence-corrected chi connectivity index (χ3v) is 9.89. The molecule has 0 fully saturated rings. The highest BCUT2D eigenvalue weighted by molar-refractivity contribution is 5.70. The van der Waals surface area contributed by atoms with Gasteiger partial charge in [-0.2, -0.15) is 0 Å². The summed E-state index contributed by atoms with van der Waals surface area (Å²) in [6.07, 6.45) is 50.6. The molecule has 0 rings (SSSR count). The molecule has 0 aromatic heterocycles. The highest BCUT2D eigenvalue weighted by Crippen LogP contribution is 2.13. The maximum absolute atomic E-state index is 12.7. The Morgan fingerprint density at radius 2 is 1.03 bits per heavy atom. The molecule has 8 nitrogen and oxygen atoms in total. The molecule has 8 heteroatoms. The molecular formula is C50H85NO7. The van der Waals surface area contributed by atoms with E-state index in [9.17, 15) is 19.5 Å². The molecule has 0 bridgehead atoms. The van der Waals surface area contributed by atoms with Gasteiger partial charge in [0.25, 0.3) is 0 Å². The van der Waals surface area contributed by atoms with Crippen LogP contribution in [-0.2, 0) is 28.6 Å². The minimum absolute atomic E-state index is 0.0249. The van der Waals surface area contributed by atoms with Crippen LogP contribution in [-0.4, -0.2) is 75.5 Å². The van der Waals surface area contributed by atoms with Gasteiger partial charge in [-0.25, -0.2) is 0 Å². The Labute approximate surface area is 355 Å². The van der Waals surface area contributed by atoms with Gasteiger partial charge in [-0.3, -0.25) is 9.59 Å². The van der Waals surface area contributed by atoms with Gasteiger partial charge in [0, 0.05) is 19.3 Å². The fourth-order valence-electron chi connectivity index (χ4n) is 6.32. The topological polar surface area (TPSA) is 102 Å². The molecule has 0 aromatic rings. The number of likely N-dealkylation sites (N-methyl/N-ethyl adjacent to an activating group) is 1. The number of hydrogen-bond acceptors (Lipinski definition) is 7. The van der Waals surface area contributed by atoms with Crippen LogP contribution in [0, 0.1) is 0 Å². The SMILES string of the molecule is CC/C=C/C/C=C/C/C=C/CCCCCCCCC(=O)OC(COCCC(C(=O)[O-])[N+](C)(C)C)COC(=O)CCCCCCC/C=C/C=C/C=C/CCCCCCC. The van der Waals surface area contributed by atoms with E-state index in [4.69, 9.17) is 14.2 Å². The Morgan fingerprint density at radius 3 is 1.57 bits per heavy atom. The normalized spacial score (nSPS) is 13.6. The summed E-state index contributed by atoms with van der Waals surface area (Å²) in [4.78, 5) is 36.9. The zero-order valence-corrected chi connectivity index (χ0v) is 37.7. The molecule has 0 aromatic carbocycles. The zero-order chi connectivity index (χ0) is 42.8. The van der Waals surface area contributed by atoms with Crippen molar-refractivity contribution in [2.45, 2.75) is 187 Å². The van der Waals surface area contributed by atoms with Crippen molar-refractivity contribution >= 4 is 17.9 Å². The van der Waals surface area contributed by atoms with Crippen molar-refractivity contribution in [3.63, 3.8) is 0 Å². The van der Waals surface area contributed by atoms with Gasteiger partial charge < -0.3 is 28.6 Å². The van der Waals surface area contributed by atoms with E-state index in [1.54, 1.807) is 21.1 Å². The Morgan fingerprint density at radius 1 is 0.552 bits per heavy atom. The van der Waals surface area contributed by atoms with Gasteiger partial charge in [0.15, 0.2) is 6.10 Å². The smallest absolute Gasteiger partial charge is 0.306 e. The van der Waals surface area contributed by atoms with E-state index in [1.165, 1.54) is 44.9 Å². The molecule has 0 spiro atoms. The summed E-state index contributed by atoms with van der Waals surface area (Å²) in [5.41, 5.74) is 0. The van der Waals surface area contributed by atoms with Gasteiger partial charge in [-0.1, -0.05) is 157 Å². The van der Waals surface area contributed by atoms with E-state index < -0.39 is 18.1 Å². The fourth-order valence-corrected chi connectivity index (χ4v) is 6.32. The second-order valence-electron chi connectivity index (χ2n) is 16.3. The van der Waals surface area contributed by atoms with E-state index in [0.29, 0.717) is 12.8 Å². The van der Waals surface area contributed by atoms with Crippen molar-refractivity contribution in [1.82, 2.24) is 0 Å². The molecule has 0 amide bonds. The van der Waals surface area contributed by atoms with E-state index in [1.807, 2.05) is 0 Å². The van der Waals surface area contributed by atoms with E-state index >= 15 is 0 Å². The number of carbonyl (C=O) groups excluding carboxylic acids is 3.